The highest BCUT2D eigenvalue weighted by Crippen LogP contribution is 2.35. The molecule has 11 heavy (non-hydrogen) atoms. The predicted molar refractivity (Wildman–Crippen MR) is 39.7 cm³/mol. The smallest absolute Gasteiger partial charge is 0.224 e. The number of piperidine rings is 1. The first kappa shape index (κ1) is 7.10. The summed E-state index contributed by atoms with van der Waals surface area (Å²) in [6, 6.07) is 0. The summed E-state index contributed by atoms with van der Waals surface area (Å²) in [5.41, 5.74) is -0.755. The molecule has 0 radical (unpaired) electrons. The molecule has 2 aliphatic rings. The summed E-state index contributed by atoms with van der Waals surface area (Å²) in [7, 11) is 0. The van der Waals surface area contributed by atoms with Crippen LogP contribution >= 0.6 is 0 Å². The summed E-state index contributed by atoms with van der Waals surface area (Å²) in [4.78, 5) is 12.8. The van der Waals surface area contributed by atoms with Crippen molar-refractivity contribution < 1.29 is 9.90 Å². The van der Waals surface area contributed by atoms with E-state index >= 15 is 0 Å². The van der Waals surface area contributed by atoms with Crippen molar-refractivity contribution in [1.29, 1.82) is 0 Å². The fourth-order valence-corrected chi connectivity index (χ4v) is 2.08. The van der Waals surface area contributed by atoms with Crippen molar-refractivity contribution in [2.45, 2.75) is 37.8 Å². The first-order valence-corrected chi connectivity index (χ1v) is 4.25. The minimum Gasteiger partial charge on any atom is -0.371 e. The zero-order valence-corrected chi connectivity index (χ0v) is 6.55. The van der Waals surface area contributed by atoms with E-state index in [2.05, 4.69) is 0 Å². The molecule has 0 aromatic carbocycles. The van der Waals surface area contributed by atoms with Gasteiger partial charge in [0, 0.05) is 19.4 Å². The van der Waals surface area contributed by atoms with E-state index in [0.29, 0.717) is 12.8 Å². The van der Waals surface area contributed by atoms with Crippen molar-refractivity contribution in [2.75, 3.05) is 6.54 Å². The predicted octanol–water partition coefficient (Wildman–Crippen LogP) is 0.481. The van der Waals surface area contributed by atoms with Gasteiger partial charge in [-0.3, -0.25) is 4.79 Å². The molecule has 0 saturated carbocycles. The van der Waals surface area contributed by atoms with E-state index in [4.69, 9.17) is 0 Å². The summed E-state index contributed by atoms with van der Waals surface area (Å²) >= 11 is 0. The number of nitrogens with zero attached hydrogens (tertiary/aromatic N) is 1. The number of carbonyl (C=O) groups is 1. The Morgan fingerprint density at radius 1 is 1.36 bits per heavy atom. The van der Waals surface area contributed by atoms with Crippen molar-refractivity contribution in [1.82, 2.24) is 4.90 Å². The summed E-state index contributed by atoms with van der Waals surface area (Å²) in [6.45, 7) is 0.759. The van der Waals surface area contributed by atoms with Gasteiger partial charge in [-0.15, -0.1) is 0 Å². The molecule has 2 heterocycles. The van der Waals surface area contributed by atoms with Crippen molar-refractivity contribution >= 4 is 5.91 Å². The highest BCUT2D eigenvalue weighted by atomic mass is 16.3. The quantitative estimate of drug-likeness (QED) is 0.552. The monoisotopic (exact) mass is 155 g/mol. The molecular formula is C8H13NO2. The Morgan fingerprint density at radius 3 is 2.91 bits per heavy atom. The van der Waals surface area contributed by atoms with E-state index in [1.54, 1.807) is 4.90 Å². The van der Waals surface area contributed by atoms with Crippen LogP contribution in [0, 0.1) is 0 Å². The molecule has 0 bridgehead atoms. The molecule has 1 unspecified atom stereocenters. The number of fused-ring (bicyclic) bond motifs is 1. The van der Waals surface area contributed by atoms with Crippen LogP contribution in [0.3, 0.4) is 0 Å². The molecular weight excluding hydrogens is 142 g/mol. The molecule has 3 nitrogen and oxygen atoms in total. The molecule has 1 amide bonds. The topological polar surface area (TPSA) is 40.5 Å². The minimum absolute atomic E-state index is 0.132. The number of carbonyl (C=O) groups excluding carboxylic acids is 1. The van der Waals surface area contributed by atoms with Gasteiger partial charge in [0.25, 0.3) is 0 Å². The lowest BCUT2D eigenvalue weighted by Crippen LogP contribution is -2.48. The Bertz CT molecular complexity index is 193. The largest absolute Gasteiger partial charge is 0.371 e. The fraction of sp³-hybridized carbons (Fsp3) is 0.875. The summed E-state index contributed by atoms with van der Waals surface area (Å²) in [6.07, 6.45) is 4.06. The maximum Gasteiger partial charge on any atom is 0.224 e. The third-order valence-electron chi connectivity index (χ3n) is 2.75. The SMILES string of the molecule is O=C1CCC2(O)CCCCN12. The van der Waals surface area contributed by atoms with Gasteiger partial charge in [-0.1, -0.05) is 0 Å². The molecule has 0 aromatic heterocycles. The molecule has 2 fully saturated rings. The third kappa shape index (κ3) is 0.948. The van der Waals surface area contributed by atoms with Gasteiger partial charge >= 0.3 is 0 Å². The standard InChI is InChI=1S/C8H13NO2/c10-7-3-5-8(11)4-1-2-6-9(7)8/h11H,1-6H2. The lowest BCUT2D eigenvalue weighted by molar-refractivity contribution is -0.151. The normalized spacial score (nSPS) is 37.5. The van der Waals surface area contributed by atoms with E-state index in [-0.39, 0.29) is 5.91 Å². The molecule has 0 aromatic rings. The lowest BCUT2D eigenvalue weighted by Gasteiger charge is -2.37. The van der Waals surface area contributed by atoms with Crippen molar-refractivity contribution in [3.63, 3.8) is 0 Å². The van der Waals surface area contributed by atoms with Gasteiger partial charge in [-0.25, -0.2) is 0 Å². The molecule has 0 aliphatic carbocycles. The Labute approximate surface area is 66.0 Å². The fourth-order valence-electron chi connectivity index (χ4n) is 2.08. The van der Waals surface area contributed by atoms with Crippen LogP contribution < -0.4 is 0 Å². The van der Waals surface area contributed by atoms with Crippen LogP contribution in [0.15, 0.2) is 0 Å². The maximum absolute atomic E-state index is 11.2. The van der Waals surface area contributed by atoms with E-state index < -0.39 is 5.72 Å². The maximum atomic E-state index is 11.2. The molecule has 0 spiro atoms. The van der Waals surface area contributed by atoms with Gasteiger partial charge in [-0.2, -0.15) is 0 Å². The van der Waals surface area contributed by atoms with Crippen LogP contribution in [-0.4, -0.2) is 28.2 Å². The first-order valence-electron chi connectivity index (χ1n) is 4.25. The van der Waals surface area contributed by atoms with E-state index in [1.807, 2.05) is 0 Å². The van der Waals surface area contributed by atoms with Crippen LogP contribution in [0.4, 0.5) is 0 Å². The highest BCUT2D eigenvalue weighted by Gasteiger charge is 2.44. The molecule has 1 N–H and O–H groups in total. The van der Waals surface area contributed by atoms with E-state index in [0.717, 1.165) is 25.8 Å². The van der Waals surface area contributed by atoms with Gasteiger partial charge in [0.05, 0.1) is 0 Å². The Morgan fingerprint density at radius 2 is 2.18 bits per heavy atom. The van der Waals surface area contributed by atoms with Crippen LogP contribution in [0.2, 0.25) is 0 Å². The number of amides is 1. The molecule has 62 valence electrons. The molecule has 3 heteroatoms. The van der Waals surface area contributed by atoms with Crippen molar-refractivity contribution in [3.05, 3.63) is 0 Å². The Hall–Kier alpha value is -0.570. The second-order valence-electron chi connectivity index (χ2n) is 3.48. The van der Waals surface area contributed by atoms with E-state index in [9.17, 15) is 9.90 Å². The van der Waals surface area contributed by atoms with Gasteiger partial charge in [-0.05, 0) is 19.3 Å². The Balaban J connectivity index is 2.21. The van der Waals surface area contributed by atoms with Crippen molar-refractivity contribution in [2.24, 2.45) is 0 Å². The van der Waals surface area contributed by atoms with Gasteiger partial charge in [0.1, 0.15) is 5.72 Å². The molecule has 2 aliphatic heterocycles. The van der Waals surface area contributed by atoms with Gasteiger partial charge < -0.3 is 10.0 Å². The zero-order valence-electron chi connectivity index (χ0n) is 6.55. The lowest BCUT2D eigenvalue weighted by atomic mass is 9.99. The molecule has 2 saturated heterocycles. The molecule has 2 rings (SSSR count). The average Bonchev–Trinajstić information content (AvgIpc) is 2.29. The first-order chi connectivity index (χ1) is 5.22. The minimum atomic E-state index is -0.755. The van der Waals surface area contributed by atoms with Crippen LogP contribution in [0.25, 0.3) is 0 Å². The summed E-state index contributed by atoms with van der Waals surface area (Å²) < 4.78 is 0. The third-order valence-corrected chi connectivity index (χ3v) is 2.75. The molecule has 1 atom stereocenters. The Kier molecular flexibility index (Phi) is 1.42. The number of rotatable bonds is 0. The second-order valence-corrected chi connectivity index (χ2v) is 3.48. The van der Waals surface area contributed by atoms with E-state index in [1.165, 1.54) is 0 Å². The van der Waals surface area contributed by atoms with Crippen LogP contribution in [0.1, 0.15) is 32.1 Å². The zero-order chi connectivity index (χ0) is 7.90. The van der Waals surface area contributed by atoms with Crippen LogP contribution in [0.5, 0.6) is 0 Å². The van der Waals surface area contributed by atoms with Crippen LogP contribution in [-0.2, 0) is 4.79 Å². The number of hydrogen-bond donors (Lipinski definition) is 1. The second kappa shape index (κ2) is 2.21. The number of aliphatic hydroxyl groups is 1. The van der Waals surface area contributed by atoms with Gasteiger partial charge in [0.15, 0.2) is 0 Å². The summed E-state index contributed by atoms with van der Waals surface area (Å²) in [5, 5.41) is 9.89. The van der Waals surface area contributed by atoms with Crippen molar-refractivity contribution in [3.8, 4) is 0 Å². The van der Waals surface area contributed by atoms with Gasteiger partial charge in [0.2, 0.25) is 5.91 Å². The number of hydrogen-bond acceptors (Lipinski definition) is 2. The summed E-state index contributed by atoms with van der Waals surface area (Å²) in [5.74, 6) is 0.132. The average molecular weight is 155 g/mol. The highest BCUT2D eigenvalue weighted by molar-refractivity contribution is 5.79.